The van der Waals surface area contributed by atoms with Crippen LogP contribution in [-0.2, 0) is 10.0 Å². The first-order valence-corrected chi connectivity index (χ1v) is 8.43. The zero-order chi connectivity index (χ0) is 16.8. The van der Waals surface area contributed by atoms with Crippen LogP contribution in [0.3, 0.4) is 0 Å². The van der Waals surface area contributed by atoms with E-state index in [-0.39, 0.29) is 17.1 Å². The molecule has 0 bridgehead atoms. The molecule has 0 saturated heterocycles. The van der Waals surface area contributed by atoms with Crippen molar-refractivity contribution in [2.45, 2.75) is 18.2 Å². The summed E-state index contributed by atoms with van der Waals surface area (Å²) in [5.41, 5.74) is 0.100. The van der Waals surface area contributed by atoms with Crippen molar-refractivity contribution >= 4 is 21.4 Å². The fourth-order valence-corrected chi connectivity index (χ4v) is 3.14. The van der Waals surface area contributed by atoms with Crippen LogP contribution in [0.4, 0.5) is 11.4 Å². The van der Waals surface area contributed by atoms with E-state index in [1.54, 1.807) is 0 Å². The largest absolute Gasteiger partial charge is 0.384 e. The van der Waals surface area contributed by atoms with E-state index in [4.69, 9.17) is 0 Å². The van der Waals surface area contributed by atoms with Gasteiger partial charge in [-0.2, -0.15) is 0 Å². The molecule has 124 valence electrons. The second-order valence-electron chi connectivity index (χ2n) is 5.02. The fourth-order valence-electron chi connectivity index (χ4n) is 1.86. The second kappa shape index (κ2) is 8.06. The second-order valence-corrected chi connectivity index (χ2v) is 6.76. The number of benzene rings is 1. The molecule has 0 unspecified atom stereocenters. The molecule has 0 spiro atoms. The van der Waals surface area contributed by atoms with E-state index in [2.05, 4.69) is 10.0 Å². The first kappa shape index (κ1) is 18.3. The molecular weight excluding hydrogens is 308 g/mol. The van der Waals surface area contributed by atoms with E-state index < -0.39 is 14.9 Å². The van der Waals surface area contributed by atoms with E-state index in [1.165, 1.54) is 12.1 Å². The highest BCUT2D eigenvalue weighted by molar-refractivity contribution is 7.89. The molecule has 0 aromatic heterocycles. The normalized spacial score (nSPS) is 11.6. The number of nitrogens with zero attached hydrogens (tertiary/aromatic N) is 2. The Kier molecular flexibility index (Phi) is 6.72. The summed E-state index contributed by atoms with van der Waals surface area (Å²) < 4.78 is 27.2. The third-order valence-electron chi connectivity index (χ3n) is 2.91. The maximum absolute atomic E-state index is 12.4. The van der Waals surface area contributed by atoms with Gasteiger partial charge < -0.3 is 10.2 Å². The van der Waals surface area contributed by atoms with Crippen molar-refractivity contribution in [2.24, 2.45) is 0 Å². The van der Waals surface area contributed by atoms with Gasteiger partial charge >= 0.3 is 0 Å². The Balaban J connectivity index is 2.99. The van der Waals surface area contributed by atoms with E-state index in [0.717, 1.165) is 12.6 Å². The Bertz CT molecular complexity index is 616. The Morgan fingerprint density at radius 2 is 2.00 bits per heavy atom. The molecular formula is C13H22N4O4S. The quantitative estimate of drug-likeness (QED) is 0.401. The summed E-state index contributed by atoms with van der Waals surface area (Å²) in [6, 6.07) is 3.77. The molecule has 1 rings (SSSR count). The minimum absolute atomic E-state index is 0.103. The maximum atomic E-state index is 12.4. The summed E-state index contributed by atoms with van der Waals surface area (Å²) in [5, 5.41) is 13.8. The Morgan fingerprint density at radius 1 is 1.32 bits per heavy atom. The highest BCUT2D eigenvalue weighted by Gasteiger charge is 2.21. The van der Waals surface area contributed by atoms with Crippen LogP contribution in [0.1, 0.15) is 13.3 Å². The van der Waals surface area contributed by atoms with Gasteiger partial charge in [-0.15, -0.1) is 0 Å². The van der Waals surface area contributed by atoms with Gasteiger partial charge in [0.25, 0.3) is 5.69 Å². The highest BCUT2D eigenvalue weighted by Crippen LogP contribution is 2.26. The topological polar surface area (TPSA) is 105 Å². The summed E-state index contributed by atoms with van der Waals surface area (Å²) in [7, 11) is -0.000311. The number of hydrogen-bond donors (Lipinski definition) is 2. The van der Waals surface area contributed by atoms with Crippen molar-refractivity contribution in [1.29, 1.82) is 0 Å². The molecule has 0 atom stereocenters. The summed E-state index contributed by atoms with van der Waals surface area (Å²) in [4.78, 5) is 12.1. The van der Waals surface area contributed by atoms with Gasteiger partial charge in [0.05, 0.1) is 10.6 Å². The zero-order valence-corrected chi connectivity index (χ0v) is 13.8. The molecule has 8 nitrogen and oxygen atoms in total. The third-order valence-corrected chi connectivity index (χ3v) is 4.41. The summed E-state index contributed by atoms with van der Waals surface area (Å²) in [6.07, 6.45) is 0.650. The Morgan fingerprint density at radius 3 is 2.55 bits per heavy atom. The SMILES string of the molecule is CCNc1ccc([N+](=O)[O-])cc1S(=O)(=O)NCCCN(C)C. The summed E-state index contributed by atoms with van der Waals surface area (Å²) in [6.45, 7) is 3.36. The van der Waals surface area contributed by atoms with Crippen molar-refractivity contribution in [1.82, 2.24) is 9.62 Å². The predicted octanol–water partition coefficient (Wildman–Crippen LogP) is 1.26. The molecule has 0 fully saturated rings. The first-order valence-electron chi connectivity index (χ1n) is 6.94. The number of non-ortho nitro benzene ring substituents is 1. The van der Waals surface area contributed by atoms with Gasteiger partial charge in [-0.1, -0.05) is 0 Å². The molecule has 1 aromatic carbocycles. The molecule has 9 heteroatoms. The molecule has 0 aliphatic heterocycles. The van der Waals surface area contributed by atoms with Crippen LogP contribution in [0.5, 0.6) is 0 Å². The van der Waals surface area contributed by atoms with Gasteiger partial charge in [0.15, 0.2) is 0 Å². The van der Waals surface area contributed by atoms with Crippen molar-refractivity contribution in [3.63, 3.8) is 0 Å². The number of hydrogen-bond acceptors (Lipinski definition) is 6. The van der Waals surface area contributed by atoms with Crippen LogP contribution in [-0.4, -0.2) is 52.0 Å². The molecule has 0 aliphatic carbocycles. The Hall–Kier alpha value is -1.71. The van der Waals surface area contributed by atoms with Gasteiger partial charge in [0.2, 0.25) is 10.0 Å². The van der Waals surface area contributed by atoms with Crippen LogP contribution in [0.25, 0.3) is 0 Å². The highest BCUT2D eigenvalue weighted by atomic mass is 32.2. The molecule has 0 heterocycles. The molecule has 22 heavy (non-hydrogen) atoms. The number of rotatable bonds is 9. The minimum Gasteiger partial charge on any atom is -0.384 e. The summed E-state index contributed by atoms with van der Waals surface area (Å²) in [5.74, 6) is 0. The van der Waals surface area contributed by atoms with Gasteiger partial charge in [0, 0.05) is 25.2 Å². The predicted molar refractivity (Wildman–Crippen MR) is 85.6 cm³/mol. The van der Waals surface area contributed by atoms with Crippen molar-refractivity contribution < 1.29 is 13.3 Å². The van der Waals surface area contributed by atoms with Crippen molar-refractivity contribution in [3.05, 3.63) is 28.3 Å². The van der Waals surface area contributed by atoms with Crippen molar-refractivity contribution in [3.8, 4) is 0 Å². The van der Waals surface area contributed by atoms with Crippen LogP contribution in [0.15, 0.2) is 23.1 Å². The number of nitrogens with one attached hydrogen (secondary N) is 2. The lowest BCUT2D eigenvalue weighted by molar-refractivity contribution is -0.385. The molecule has 2 N–H and O–H groups in total. The van der Waals surface area contributed by atoms with Crippen molar-refractivity contribution in [2.75, 3.05) is 39.0 Å². The van der Waals surface area contributed by atoms with E-state index in [1.807, 2.05) is 25.9 Å². The van der Waals surface area contributed by atoms with Crippen LogP contribution < -0.4 is 10.0 Å². The van der Waals surface area contributed by atoms with Crippen LogP contribution >= 0.6 is 0 Å². The average Bonchev–Trinajstić information content (AvgIpc) is 2.44. The third kappa shape index (κ3) is 5.24. The number of nitro groups is 1. The van der Waals surface area contributed by atoms with Crippen LogP contribution in [0.2, 0.25) is 0 Å². The smallest absolute Gasteiger partial charge is 0.270 e. The maximum Gasteiger partial charge on any atom is 0.270 e. The fraction of sp³-hybridized carbons (Fsp3) is 0.538. The number of anilines is 1. The molecule has 0 saturated carbocycles. The van der Waals surface area contributed by atoms with E-state index in [9.17, 15) is 18.5 Å². The minimum atomic E-state index is -3.80. The number of sulfonamides is 1. The Labute approximate surface area is 130 Å². The van der Waals surface area contributed by atoms with E-state index >= 15 is 0 Å². The first-order chi connectivity index (χ1) is 10.3. The number of nitro benzene ring substituents is 1. The van der Waals surface area contributed by atoms with Gasteiger partial charge in [-0.25, -0.2) is 13.1 Å². The lowest BCUT2D eigenvalue weighted by Crippen LogP contribution is -2.28. The summed E-state index contributed by atoms with van der Waals surface area (Å²) >= 11 is 0. The monoisotopic (exact) mass is 330 g/mol. The van der Waals surface area contributed by atoms with Gasteiger partial charge in [-0.05, 0) is 40.1 Å². The molecule has 0 aliphatic rings. The lowest BCUT2D eigenvalue weighted by Gasteiger charge is -2.13. The average molecular weight is 330 g/mol. The van der Waals surface area contributed by atoms with Gasteiger partial charge in [0.1, 0.15) is 4.90 Å². The standard InChI is InChI=1S/C13H22N4O4S/c1-4-14-12-7-6-11(17(18)19)10-13(12)22(20,21)15-8-5-9-16(2)3/h6-7,10,14-15H,4-5,8-9H2,1-3H3. The molecule has 0 amide bonds. The molecule has 0 radical (unpaired) electrons. The van der Waals surface area contributed by atoms with Crippen LogP contribution in [0, 0.1) is 10.1 Å². The zero-order valence-electron chi connectivity index (χ0n) is 13.0. The van der Waals surface area contributed by atoms with Gasteiger partial charge in [-0.3, -0.25) is 10.1 Å². The lowest BCUT2D eigenvalue weighted by atomic mass is 10.3. The van der Waals surface area contributed by atoms with E-state index in [0.29, 0.717) is 18.7 Å². The molecule has 1 aromatic rings.